The largest absolute Gasteiger partial charge is 0.497 e. The van der Waals surface area contributed by atoms with Crippen LogP contribution >= 0.6 is 0 Å². The predicted octanol–water partition coefficient (Wildman–Crippen LogP) is 2.32. The number of benzene rings is 1. The molecule has 0 saturated carbocycles. The van der Waals surface area contributed by atoms with Crippen molar-refractivity contribution in [3.8, 4) is 11.5 Å². The number of ether oxygens (including phenoxy) is 2. The fourth-order valence-electron chi connectivity index (χ4n) is 2.05. The molecule has 0 aromatic heterocycles. The number of amides is 1. The second-order valence-corrected chi connectivity index (χ2v) is 4.63. The van der Waals surface area contributed by atoms with Crippen LogP contribution in [-0.2, 0) is 4.79 Å². The number of hydrogen-bond acceptors (Lipinski definition) is 3. The van der Waals surface area contributed by atoms with Gasteiger partial charge in [-0.05, 0) is 30.0 Å². The van der Waals surface area contributed by atoms with E-state index in [1.54, 1.807) is 14.2 Å². The molecule has 0 aliphatic heterocycles. The molecule has 0 spiro atoms. The minimum Gasteiger partial charge on any atom is -0.497 e. The molecule has 0 aliphatic carbocycles. The van der Waals surface area contributed by atoms with E-state index in [1.165, 1.54) is 0 Å². The molecule has 0 heterocycles. The topological polar surface area (TPSA) is 61.6 Å². The van der Waals surface area contributed by atoms with Gasteiger partial charge < -0.3 is 15.2 Å². The molecule has 1 aromatic rings. The highest BCUT2D eigenvalue weighted by Gasteiger charge is 2.22. The number of hydrogen-bond donors (Lipinski definition) is 1. The van der Waals surface area contributed by atoms with Crippen molar-refractivity contribution in [2.75, 3.05) is 14.2 Å². The van der Waals surface area contributed by atoms with Crippen molar-refractivity contribution in [1.29, 1.82) is 0 Å². The van der Waals surface area contributed by atoms with E-state index >= 15 is 0 Å². The Morgan fingerprint density at radius 2 is 1.94 bits per heavy atom. The molecule has 0 fully saturated rings. The second-order valence-electron chi connectivity index (χ2n) is 4.63. The van der Waals surface area contributed by atoms with Gasteiger partial charge in [-0.3, -0.25) is 4.79 Å². The van der Waals surface area contributed by atoms with E-state index < -0.39 is 0 Å². The zero-order chi connectivity index (χ0) is 13.7. The molecule has 1 unspecified atom stereocenters. The Morgan fingerprint density at radius 3 is 2.39 bits per heavy atom. The third-order valence-electron chi connectivity index (χ3n) is 3.06. The summed E-state index contributed by atoms with van der Waals surface area (Å²) in [6.45, 7) is 4.12. The minimum atomic E-state index is -0.307. The maximum Gasteiger partial charge on any atom is 0.218 e. The standard InChI is InChI=1S/C14H21NO3/c1-9(2)11(8-14(15)16)12-7-10(17-3)5-6-13(12)18-4/h5-7,9,11H,8H2,1-4H3,(H2,15,16). The molecule has 1 atom stereocenters. The lowest BCUT2D eigenvalue weighted by Crippen LogP contribution is -2.19. The van der Waals surface area contributed by atoms with Crippen molar-refractivity contribution >= 4 is 5.91 Å². The van der Waals surface area contributed by atoms with Crippen LogP contribution in [-0.4, -0.2) is 20.1 Å². The summed E-state index contributed by atoms with van der Waals surface area (Å²) < 4.78 is 10.6. The Morgan fingerprint density at radius 1 is 1.28 bits per heavy atom. The van der Waals surface area contributed by atoms with Gasteiger partial charge >= 0.3 is 0 Å². The van der Waals surface area contributed by atoms with Crippen LogP contribution in [0.5, 0.6) is 11.5 Å². The Balaban J connectivity index is 3.19. The summed E-state index contributed by atoms with van der Waals surface area (Å²) in [5.74, 6) is 1.53. The fourth-order valence-corrected chi connectivity index (χ4v) is 2.05. The first-order valence-electron chi connectivity index (χ1n) is 5.99. The van der Waals surface area contributed by atoms with Gasteiger partial charge in [0.2, 0.25) is 5.91 Å². The molecule has 0 saturated heterocycles. The zero-order valence-corrected chi connectivity index (χ0v) is 11.4. The van der Waals surface area contributed by atoms with E-state index in [2.05, 4.69) is 13.8 Å². The Bertz CT molecular complexity index is 416. The third kappa shape index (κ3) is 3.39. The molecule has 0 radical (unpaired) electrons. The third-order valence-corrected chi connectivity index (χ3v) is 3.06. The number of carbonyl (C=O) groups is 1. The first-order valence-corrected chi connectivity index (χ1v) is 5.99. The van der Waals surface area contributed by atoms with Crippen LogP contribution in [0.25, 0.3) is 0 Å². The first-order chi connectivity index (χ1) is 8.49. The molecule has 1 amide bonds. The van der Waals surface area contributed by atoms with Crippen molar-refractivity contribution in [3.63, 3.8) is 0 Å². The van der Waals surface area contributed by atoms with E-state index in [-0.39, 0.29) is 11.8 Å². The summed E-state index contributed by atoms with van der Waals surface area (Å²) in [5, 5.41) is 0. The number of carbonyl (C=O) groups excluding carboxylic acids is 1. The molecule has 4 heteroatoms. The lowest BCUT2D eigenvalue weighted by Gasteiger charge is -2.22. The molecular formula is C14H21NO3. The summed E-state index contributed by atoms with van der Waals surface area (Å²) in [4.78, 5) is 11.2. The SMILES string of the molecule is COc1ccc(OC)c(C(CC(N)=O)C(C)C)c1. The number of primary amides is 1. The van der Waals surface area contributed by atoms with Crippen molar-refractivity contribution in [2.45, 2.75) is 26.2 Å². The van der Waals surface area contributed by atoms with Crippen molar-refractivity contribution in [2.24, 2.45) is 11.7 Å². The molecular weight excluding hydrogens is 230 g/mol. The summed E-state index contributed by atoms with van der Waals surface area (Å²) in [6.07, 6.45) is 0.307. The Kier molecular flexibility index (Phi) is 5.01. The average Bonchev–Trinajstić information content (AvgIpc) is 2.34. The summed E-state index contributed by atoms with van der Waals surface area (Å²) in [7, 11) is 3.23. The van der Waals surface area contributed by atoms with E-state index in [4.69, 9.17) is 15.2 Å². The zero-order valence-electron chi connectivity index (χ0n) is 11.4. The average molecular weight is 251 g/mol. The lowest BCUT2D eigenvalue weighted by molar-refractivity contribution is -0.118. The number of rotatable bonds is 6. The predicted molar refractivity (Wildman–Crippen MR) is 70.9 cm³/mol. The summed E-state index contributed by atoms with van der Waals surface area (Å²) in [5.41, 5.74) is 6.28. The maximum atomic E-state index is 11.2. The van der Waals surface area contributed by atoms with Gasteiger partial charge in [0.1, 0.15) is 11.5 Å². The maximum absolute atomic E-state index is 11.2. The molecule has 100 valence electrons. The van der Waals surface area contributed by atoms with E-state index in [0.717, 1.165) is 17.1 Å². The van der Waals surface area contributed by atoms with Crippen LogP contribution in [0.1, 0.15) is 31.7 Å². The molecule has 18 heavy (non-hydrogen) atoms. The molecule has 2 N–H and O–H groups in total. The molecule has 0 aliphatic rings. The van der Waals surface area contributed by atoms with Gasteiger partial charge in [-0.2, -0.15) is 0 Å². The van der Waals surface area contributed by atoms with Gasteiger partial charge in [0.25, 0.3) is 0 Å². The van der Waals surface area contributed by atoms with E-state index in [9.17, 15) is 4.79 Å². The molecule has 4 nitrogen and oxygen atoms in total. The normalized spacial score (nSPS) is 12.3. The van der Waals surface area contributed by atoms with Crippen LogP contribution in [0, 0.1) is 5.92 Å². The van der Waals surface area contributed by atoms with Crippen molar-refractivity contribution in [3.05, 3.63) is 23.8 Å². The van der Waals surface area contributed by atoms with Gasteiger partial charge in [-0.25, -0.2) is 0 Å². The highest BCUT2D eigenvalue weighted by atomic mass is 16.5. The van der Waals surface area contributed by atoms with Gasteiger partial charge in [-0.15, -0.1) is 0 Å². The van der Waals surface area contributed by atoms with E-state index in [1.807, 2.05) is 18.2 Å². The molecule has 0 bridgehead atoms. The quantitative estimate of drug-likeness (QED) is 0.844. The van der Waals surface area contributed by atoms with Gasteiger partial charge in [-0.1, -0.05) is 13.8 Å². The highest BCUT2D eigenvalue weighted by molar-refractivity contribution is 5.75. The molecule has 1 rings (SSSR count). The van der Waals surface area contributed by atoms with Crippen molar-refractivity contribution < 1.29 is 14.3 Å². The Hall–Kier alpha value is -1.71. The fraction of sp³-hybridized carbons (Fsp3) is 0.500. The second kappa shape index (κ2) is 6.28. The van der Waals surface area contributed by atoms with Crippen LogP contribution in [0.15, 0.2) is 18.2 Å². The van der Waals surface area contributed by atoms with Gasteiger partial charge in [0, 0.05) is 12.0 Å². The van der Waals surface area contributed by atoms with Crippen LogP contribution in [0.3, 0.4) is 0 Å². The first kappa shape index (κ1) is 14.4. The summed E-state index contributed by atoms with van der Waals surface area (Å²) >= 11 is 0. The van der Waals surface area contributed by atoms with Crippen molar-refractivity contribution in [1.82, 2.24) is 0 Å². The van der Waals surface area contributed by atoms with E-state index in [0.29, 0.717) is 12.3 Å². The minimum absolute atomic E-state index is 0.0348. The smallest absolute Gasteiger partial charge is 0.218 e. The van der Waals surface area contributed by atoms with Crippen LogP contribution < -0.4 is 15.2 Å². The lowest BCUT2D eigenvalue weighted by atomic mass is 9.85. The monoisotopic (exact) mass is 251 g/mol. The van der Waals surface area contributed by atoms with Crippen LogP contribution in [0.4, 0.5) is 0 Å². The number of methoxy groups -OCH3 is 2. The van der Waals surface area contributed by atoms with Crippen LogP contribution in [0.2, 0.25) is 0 Å². The highest BCUT2D eigenvalue weighted by Crippen LogP contribution is 2.36. The summed E-state index contributed by atoms with van der Waals surface area (Å²) in [6, 6.07) is 5.60. The molecule has 1 aromatic carbocycles. The Labute approximate surface area is 108 Å². The van der Waals surface area contributed by atoms with Gasteiger partial charge in [0.15, 0.2) is 0 Å². The van der Waals surface area contributed by atoms with Gasteiger partial charge in [0.05, 0.1) is 14.2 Å². The number of nitrogens with two attached hydrogens (primary N) is 1.